The van der Waals surface area contributed by atoms with E-state index in [-0.39, 0.29) is 30.1 Å². The van der Waals surface area contributed by atoms with Crippen LogP contribution in [-0.2, 0) is 19.1 Å². The summed E-state index contributed by atoms with van der Waals surface area (Å²) in [7, 11) is 1.30. The van der Waals surface area contributed by atoms with Gasteiger partial charge in [0.15, 0.2) is 0 Å². The number of ether oxygens (including phenoxy) is 2. The van der Waals surface area contributed by atoms with Crippen LogP contribution in [0, 0.1) is 5.92 Å². The number of esters is 1. The van der Waals surface area contributed by atoms with Gasteiger partial charge >= 0.3 is 5.97 Å². The molecular weight excluding hydrogens is 238 g/mol. The number of nitrogens with one attached hydrogen (secondary N) is 1. The number of hydrogen-bond acceptors (Lipinski definition) is 5. The number of amides is 1. The SMILES string of the molecule is COC(=O)[C@H](C[C@@H]1CC[C@H](O)[C@@H]2O[C@H]12)NC(C)=O. The van der Waals surface area contributed by atoms with Crippen molar-refractivity contribution in [3.05, 3.63) is 0 Å². The minimum absolute atomic E-state index is 0.0228. The predicted molar refractivity (Wildman–Crippen MR) is 61.6 cm³/mol. The highest BCUT2D eigenvalue weighted by Crippen LogP contribution is 2.42. The number of methoxy groups -OCH3 is 1. The highest BCUT2D eigenvalue weighted by molar-refractivity contribution is 5.83. The summed E-state index contributed by atoms with van der Waals surface area (Å²) in [4.78, 5) is 22.6. The fourth-order valence-corrected chi connectivity index (χ4v) is 2.69. The van der Waals surface area contributed by atoms with Gasteiger partial charge in [-0.3, -0.25) is 4.79 Å². The van der Waals surface area contributed by atoms with Crippen molar-refractivity contribution in [3.63, 3.8) is 0 Å². The van der Waals surface area contributed by atoms with Crippen LogP contribution < -0.4 is 5.32 Å². The van der Waals surface area contributed by atoms with Gasteiger partial charge in [-0.15, -0.1) is 0 Å². The lowest BCUT2D eigenvalue weighted by Crippen LogP contribution is -2.43. The Morgan fingerprint density at radius 2 is 2.17 bits per heavy atom. The fourth-order valence-electron chi connectivity index (χ4n) is 2.69. The molecule has 0 unspecified atom stereocenters. The zero-order chi connectivity index (χ0) is 13.3. The summed E-state index contributed by atoms with van der Waals surface area (Å²) in [6.07, 6.45) is 1.53. The van der Waals surface area contributed by atoms with Gasteiger partial charge in [-0.05, 0) is 25.2 Å². The Morgan fingerprint density at radius 3 is 2.78 bits per heavy atom. The highest BCUT2D eigenvalue weighted by Gasteiger charge is 2.52. The van der Waals surface area contributed by atoms with Crippen molar-refractivity contribution >= 4 is 11.9 Å². The molecule has 2 aliphatic rings. The molecule has 1 aliphatic heterocycles. The molecule has 0 aromatic carbocycles. The van der Waals surface area contributed by atoms with Crippen LogP contribution in [0.5, 0.6) is 0 Å². The third-order valence-electron chi connectivity index (χ3n) is 3.64. The lowest BCUT2D eigenvalue weighted by atomic mass is 9.83. The molecular formula is C12H19NO5. The Hall–Kier alpha value is -1.14. The van der Waals surface area contributed by atoms with E-state index in [0.717, 1.165) is 6.42 Å². The average molecular weight is 257 g/mol. The maximum atomic E-state index is 11.6. The van der Waals surface area contributed by atoms with E-state index in [2.05, 4.69) is 10.1 Å². The molecule has 1 aliphatic carbocycles. The van der Waals surface area contributed by atoms with Crippen molar-refractivity contribution in [1.29, 1.82) is 0 Å². The number of hydrogen-bond donors (Lipinski definition) is 2. The van der Waals surface area contributed by atoms with Crippen LogP contribution in [0.25, 0.3) is 0 Å². The van der Waals surface area contributed by atoms with Crippen LogP contribution in [0.15, 0.2) is 0 Å². The molecule has 2 rings (SSSR count). The van der Waals surface area contributed by atoms with E-state index in [1.165, 1.54) is 14.0 Å². The molecule has 1 saturated carbocycles. The van der Waals surface area contributed by atoms with Crippen molar-refractivity contribution < 1.29 is 24.2 Å². The minimum Gasteiger partial charge on any atom is -0.467 e. The number of epoxide rings is 1. The molecule has 1 amide bonds. The molecule has 2 fully saturated rings. The van der Waals surface area contributed by atoms with Gasteiger partial charge in [-0.25, -0.2) is 4.79 Å². The van der Waals surface area contributed by atoms with Crippen molar-refractivity contribution in [2.75, 3.05) is 7.11 Å². The van der Waals surface area contributed by atoms with Gasteiger partial charge in [-0.2, -0.15) is 0 Å². The first-order valence-electron chi connectivity index (χ1n) is 6.21. The van der Waals surface area contributed by atoms with Gasteiger partial charge in [0.05, 0.1) is 19.3 Å². The molecule has 0 aromatic rings. The molecule has 0 radical (unpaired) electrons. The second kappa shape index (κ2) is 5.24. The maximum absolute atomic E-state index is 11.6. The van der Waals surface area contributed by atoms with Crippen molar-refractivity contribution in [3.8, 4) is 0 Å². The smallest absolute Gasteiger partial charge is 0.328 e. The Balaban J connectivity index is 1.92. The van der Waals surface area contributed by atoms with Crippen LogP contribution in [0.4, 0.5) is 0 Å². The van der Waals surface area contributed by atoms with Gasteiger partial charge in [-0.1, -0.05) is 0 Å². The summed E-state index contributed by atoms with van der Waals surface area (Å²) in [6.45, 7) is 1.37. The van der Waals surface area contributed by atoms with Gasteiger partial charge in [0.1, 0.15) is 12.1 Å². The number of fused-ring (bicyclic) bond motifs is 1. The highest BCUT2D eigenvalue weighted by atomic mass is 16.6. The third-order valence-corrected chi connectivity index (χ3v) is 3.64. The molecule has 102 valence electrons. The second-order valence-corrected chi connectivity index (χ2v) is 4.98. The van der Waals surface area contributed by atoms with Gasteiger partial charge < -0.3 is 19.9 Å². The Bertz CT molecular complexity index is 345. The van der Waals surface area contributed by atoms with Crippen molar-refractivity contribution in [2.24, 2.45) is 5.92 Å². The number of rotatable bonds is 4. The van der Waals surface area contributed by atoms with Crippen molar-refractivity contribution in [2.45, 2.75) is 50.5 Å². The number of aliphatic hydroxyl groups excluding tert-OH is 1. The topological polar surface area (TPSA) is 88.2 Å². The summed E-state index contributed by atoms with van der Waals surface area (Å²) in [5.41, 5.74) is 0. The summed E-state index contributed by atoms with van der Waals surface area (Å²) in [6, 6.07) is -0.627. The van der Waals surface area contributed by atoms with E-state index in [0.29, 0.717) is 12.8 Å². The molecule has 0 bridgehead atoms. The average Bonchev–Trinajstić information content (AvgIpc) is 3.11. The van der Waals surface area contributed by atoms with Crippen molar-refractivity contribution in [1.82, 2.24) is 5.32 Å². The monoisotopic (exact) mass is 257 g/mol. The lowest BCUT2D eigenvalue weighted by molar-refractivity contribution is -0.145. The quantitative estimate of drug-likeness (QED) is 0.528. The van der Waals surface area contributed by atoms with Gasteiger partial charge in [0, 0.05) is 6.92 Å². The van der Waals surface area contributed by atoms with E-state index in [4.69, 9.17) is 4.74 Å². The first-order chi connectivity index (χ1) is 8.52. The normalized spacial score (nSPS) is 35.3. The van der Waals surface area contributed by atoms with Crippen LogP contribution in [0.3, 0.4) is 0 Å². The molecule has 6 nitrogen and oxygen atoms in total. The predicted octanol–water partition coefficient (Wildman–Crippen LogP) is -0.407. The summed E-state index contributed by atoms with van der Waals surface area (Å²) in [5, 5.41) is 12.2. The lowest BCUT2D eigenvalue weighted by Gasteiger charge is -2.25. The first-order valence-corrected chi connectivity index (χ1v) is 6.21. The van der Waals surface area contributed by atoms with E-state index >= 15 is 0 Å². The minimum atomic E-state index is -0.627. The van der Waals surface area contributed by atoms with E-state index in [1.807, 2.05) is 0 Å². The van der Waals surface area contributed by atoms with E-state index in [9.17, 15) is 14.7 Å². The molecule has 0 aromatic heterocycles. The van der Waals surface area contributed by atoms with E-state index < -0.39 is 12.0 Å². The largest absolute Gasteiger partial charge is 0.467 e. The number of aliphatic hydroxyl groups is 1. The molecule has 1 saturated heterocycles. The molecule has 1 heterocycles. The summed E-state index contributed by atoms with van der Waals surface area (Å²) < 4.78 is 10.1. The number of carbonyl (C=O) groups excluding carboxylic acids is 2. The molecule has 5 atom stereocenters. The van der Waals surface area contributed by atoms with Gasteiger partial charge in [0.25, 0.3) is 0 Å². The molecule has 0 spiro atoms. The zero-order valence-corrected chi connectivity index (χ0v) is 10.6. The fraction of sp³-hybridized carbons (Fsp3) is 0.833. The first kappa shape index (κ1) is 13.3. The molecule has 2 N–H and O–H groups in total. The van der Waals surface area contributed by atoms with Crippen LogP contribution in [0.1, 0.15) is 26.2 Å². The van der Waals surface area contributed by atoms with Crippen LogP contribution >= 0.6 is 0 Å². The summed E-state index contributed by atoms with van der Waals surface area (Å²) >= 11 is 0. The van der Waals surface area contributed by atoms with Crippen LogP contribution in [0.2, 0.25) is 0 Å². The molecule has 18 heavy (non-hydrogen) atoms. The zero-order valence-electron chi connectivity index (χ0n) is 10.6. The van der Waals surface area contributed by atoms with Crippen LogP contribution in [-0.4, -0.2) is 48.4 Å². The Morgan fingerprint density at radius 1 is 1.44 bits per heavy atom. The van der Waals surface area contributed by atoms with E-state index in [1.54, 1.807) is 0 Å². The standard InChI is InChI=1S/C12H19NO5/c1-6(14)13-8(12(16)17-2)5-7-3-4-9(15)11-10(7)18-11/h7-11,15H,3-5H2,1-2H3,(H,13,14)/t7-,8-,9-,10+,11-/m0/s1. The second-order valence-electron chi connectivity index (χ2n) is 4.98. The summed E-state index contributed by atoms with van der Waals surface area (Å²) in [5.74, 6) is -0.502. The Kier molecular flexibility index (Phi) is 3.87. The Labute approximate surface area is 106 Å². The number of carbonyl (C=O) groups is 2. The maximum Gasteiger partial charge on any atom is 0.328 e. The van der Waals surface area contributed by atoms with Gasteiger partial charge in [0.2, 0.25) is 5.91 Å². The third kappa shape index (κ3) is 2.81. The molecule has 6 heteroatoms.